The average Bonchev–Trinajstić information content (AvgIpc) is 2.98. The van der Waals surface area contributed by atoms with Gasteiger partial charge in [0.2, 0.25) is 0 Å². The summed E-state index contributed by atoms with van der Waals surface area (Å²) < 4.78 is 115. The van der Waals surface area contributed by atoms with Crippen molar-refractivity contribution in [2.45, 2.75) is 24.2 Å². The Kier molecular flexibility index (Phi) is 10.6. The first kappa shape index (κ1) is 35.1. The van der Waals surface area contributed by atoms with Crippen molar-refractivity contribution in [3.8, 4) is 0 Å². The summed E-state index contributed by atoms with van der Waals surface area (Å²) in [4.78, 5) is 14.9. The van der Waals surface area contributed by atoms with Crippen LogP contribution in [-0.4, -0.2) is 65.7 Å². The molecule has 46 heavy (non-hydrogen) atoms. The van der Waals surface area contributed by atoms with Crippen LogP contribution in [0.25, 0.3) is 12.2 Å². The lowest BCUT2D eigenvalue weighted by atomic mass is 10.0. The van der Waals surface area contributed by atoms with E-state index in [2.05, 4.69) is 0 Å². The molecule has 3 aromatic carbocycles. The molecule has 0 saturated carbocycles. The fourth-order valence-electron chi connectivity index (χ4n) is 4.94. The molecule has 0 saturated heterocycles. The molecule has 7 nitrogen and oxygen atoms in total. The first-order valence-electron chi connectivity index (χ1n) is 14.0. The second-order valence-electron chi connectivity index (χ2n) is 10.4. The quantitative estimate of drug-likeness (QED) is 0.129. The van der Waals surface area contributed by atoms with Crippen LogP contribution in [-0.2, 0) is 31.9 Å². The van der Waals surface area contributed by atoms with E-state index in [4.69, 9.17) is 16.3 Å². The van der Waals surface area contributed by atoms with E-state index in [0.29, 0.717) is 30.4 Å². The number of halogens is 7. The fourth-order valence-corrected chi connectivity index (χ4v) is 6.68. The largest absolute Gasteiger partial charge is 0.465 e. The van der Waals surface area contributed by atoms with Crippen LogP contribution in [0.1, 0.15) is 29.2 Å². The highest BCUT2D eigenvalue weighted by Crippen LogP contribution is 2.40. The number of anilines is 2. The van der Waals surface area contributed by atoms with E-state index in [1.807, 2.05) is 4.90 Å². The van der Waals surface area contributed by atoms with Crippen molar-refractivity contribution in [1.29, 1.82) is 0 Å². The van der Waals surface area contributed by atoms with E-state index < -0.39 is 44.4 Å². The number of benzene rings is 3. The van der Waals surface area contributed by atoms with E-state index in [-0.39, 0.29) is 42.5 Å². The first-order chi connectivity index (χ1) is 21.5. The van der Waals surface area contributed by atoms with Gasteiger partial charge in [-0.2, -0.15) is 26.3 Å². The standard InChI is InChI=1S/C31H30ClF6N3O4S/c1-3-45-29(42)20-39(2)14-15-40-16-17-41(46(43,44)23-7-4-6-22(19-23)30(33,34)35)28-18-21(11-13-27(28)40)10-12-24-25(31(36,37)38)8-5-9-26(24)32/h4-13,18-19H,3,14-17,20H2,1-2H3/b12-10+. The molecule has 0 atom stereocenters. The lowest BCUT2D eigenvalue weighted by Crippen LogP contribution is -2.46. The minimum absolute atomic E-state index is 0.0241. The van der Waals surface area contributed by atoms with Gasteiger partial charge in [-0.1, -0.05) is 42.0 Å². The van der Waals surface area contributed by atoms with E-state index in [9.17, 15) is 39.6 Å². The van der Waals surface area contributed by atoms with Gasteiger partial charge in [-0.3, -0.25) is 14.0 Å². The van der Waals surface area contributed by atoms with Crippen LogP contribution >= 0.6 is 11.6 Å². The average molecular weight is 690 g/mol. The Morgan fingerprint density at radius 1 is 0.957 bits per heavy atom. The predicted molar refractivity (Wildman–Crippen MR) is 164 cm³/mol. The van der Waals surface area contributed by atoms with E-state index in [0.717, 1.165) is 28.6 Å². The number of carbonyl (C=O) groups excluding carboxylic acids is 1. The summed E-state index contributed by atoms with van der Waals surface area (Å²) in [5, 5.41) is -0.143. The number of alkyl halides is 6. The number of carbonyl (C=O) groups is 1. The van der Waals surface area contributed by atoms with E-state index >= 15 is 0 Å². The number of rotatable bonds is 10. The summed E-state index contributed by atoms with van der Waals surface area (Å²) in [5.41, 5.74) is -1.51. The highest BCUT2D eigenvalue weighted by molar-refractivity contribution is 7.92. The zero-order valence-corrected chi connectivity index (χ0v) is 26.3. The van der Waals surface area contributed by atoms with Gasteiger partial charge in [0.1, 0.15) is 0 Å². The third kappa shape index (κ3) is 8.15. The molecule has 0 aliphatic carbocycles. The maximum atomic E-state index is 13.8. The molecule has 0 fully saturated rings. The van der Waals surface area contributed by atoms with Crippen molar-refractivity contribution >= 4 is 51.1 Å². The van der Waals surface area contributed by atoms with Gasteiger partial charge in [-0.25, -0.2) is 8.42 Å². The topological polar surface area (TPSA) is 70.2 Å². The zero-order valence-electron chi connectivity index (χ0n) is 24.7. The first-order valence-corrected chi connectivity index (χ1v) is 15.8. The molecule has 0 radical (unpaired) electrons. The number of hydrogen-bond acceptors (Lipinski definition) is 6. The second-order valence-corrected chi connectivity index (χ2v) is 12.7. The molecule has 1 heterocycles. The van der Waals surface area contributed by atoms with Crippen LogP contribution in [0.4, 0.5) is 37.7 Å². The number of esters is 1. The lowest BCUT2D eigenvalue weighted by molar-refractivity contribution is -0.144. The molecular formula is C31H30ClF6N3O4S. The van der Waals surface area contributed by atoms with Crippen molar-refractivity contribution < 1.29 is 44.3 Å². The van der Waals surface area contributed by atoms with Crippen molar-refractivity contribution in [3.63, 3.8) is 0 Å². The minimum Gasteiger partial charge on any atom is -0.465 e. The third-order valence-corrected chi connectivity index (χ3v) is 9.33. The molecule has 1 aliphatic heterocycles. The molecule has 0 amide bonds. The number of ether oxygens (including phenoxy) is 1. The molecule has 1 aliphatic rings. The maximum absolute atomic E-state index is 13.8. The Morgan fingerprint density at radius 3 is 2.35 bits per heavy atom. The Bertz CT molecular complexity index is 1710. The Balaban J connectivity index is 1.74. The Morgan fingerprint density at radius 2 is 1.67 bits per heavy atom. The highest BCUT2D eigenvalue weighted by Gasteiger charge is 2.36. The van der Waals surface area contributed by atoms with E-state index in [1.165, 1.54) is 30.4 Å². The van der Waals surface area contributed by atoms with Crippen molar-refractivity contribution in [2.75, 3.05) is 55.6 Å². The molecule has 3 aromatic rings. The molecule has 248 valence electrons. The molecule has 0 N–H and O–H groups in total. The monoisotopic (exact) mass is 689 g/mol. The van der Waals surface area contributed by atoms with Crippen LogP contribution in [0.5, 0.6) is 0 Å². The summed E-state index contributed by atoms with van der Waals surface area (Å²) in [5.74, 6) is -0.411. The summed E-state index contributed by atoms with van der Waals surface area (Å²) in [6.07, 6.45) is -6.94. The fraction of sp³-hybridized carbons (Fsp3) is 0.323. The summed E-state index contributed by atoms with van der Waals surface area (Å²) in [7, 11) is -2.80. The Labute approximate surface area is 267 Å². The maximum Gasteiger partial charge on any atom is 0.417 e. The third-order valence-electron chi connectivity index (χ3n) is 7.19. The Hall–Kier alpha value is -3.75. The van der Waals surface area contributed by atoms with Gasteiger partial charge in [0.25, 0.3) is 10.0 Å². The number of nitrogens with zero attached hydrogens (tertiary/aromatic N) is 3. The van der Waals surface area contributed by atoms with Gasteiger partial charge in [-0.15, -0.1) is 0 Å². The predicted octanol–water partition coefficient (Wildman–Crippen LogP) is 7.06. The van der Waals surface area contributed by atoms with Crippen LogP contribution < -0.4 is 9.21 Å². The van der Waals surface area contributed by atoms with Gasteiger partial charge >= 0.3 is 18.3 Å². The number of likely N-dealkylation sites (N-methyl/N-ethyl adjacent to an activating group) is 1. The molecule has 0 spiro atoms. The van der Waals surface area contributed by atoms with E-state index in [1.54, 1.807) is 31.0 Å². The molecule has 0 unspecified atom stereocenters. The van der Waals surface area contributed by atoms with Gasteiger partial charge in [0.15, 0.2) is 0 Å². The van der Waals surface area contributed by atoms with Gasteiger partial charge in [0.05, 0.1) is 47.1 Å². The summed E-state index contributed by atoms with van der Waals surface area (Å²) in [6, 6.07) is 11.4. The highest BCUT2D eigenvalue weighted by atomic mass is 35.5. The molecular weight excluding hydrogens is 660 g/mol. The van der Waals surface area contributed by atoms with Gasteiger partial charge in [0, 0.05) is 30.2 Å². The number of hydrogen-bond donors (Lipinski definition) is 0. The SMILES string of the molecule is CCOC(=O)CN(C)CCN1CCN(S(=O)(=O)c2cccc(C(F)(F)F)c2)c2cc(/C=C/c3c(Cl)cccc3C(F)(F)F)ccc21. The van der Waals surface area contributed by atoms with Crippen molar-refractivity contribution in [1.82, 2.24) is 4.90 Å². The molecule has 4 rings (SSSR count). The van der Waals surface area contributed by atoms with Crippen molar-refractivity contribution in [3.05, 3.63) is 87.9 Å². The van der Waals surface area contributed by atoms with Gasteiger partial charge < -0.3 is 9.64 Å². The number of sulfonamides is 1. The molecule has 0 bridgehead atoms. The van der Waals surface area contributed by atoms with Crippen LogP contribution in [0.3, 0.4) is 0 Å². The zero-order chi connectivity index (χ0) is 33.9. The number of fused-ring (bicyclic) bond motifs is 1. The summed E-state index contributed by atoms with van der Waals surface area (Å²) in [6.45, 7) is 2.71. The molecule has 15 heteroatoms. The van der Waals surface area contributed by atoms with Gasteiger partial charge in [-0.05, 0) is 62.0 Å². The molecule has 0 aromatic heterocycles. The second kappa shape index (κ2) is 13.9. The normalized spacial score (nSPS) is 14.2. The van der Waals surface area contributed by atoms with Crippen LogP contribution in [0.15, 0.2) is 65.6 Å². The van der Waals surface area contributed by atoms with Crippen LogP contribution in [0.2, 0.25) is 5.02 Å². The van der Waals surface area contributed by atoms with Crippen LogP contribution in [0, 0.1) is 0 Å². The van der Waals surface area contributed by atoms with Crippen molar-refractivity contribution in [2.24, 2.45) is 0 Å². The smallest absolute Gasteiger partial charge is 0.417 e. The lowest BCUT2D eigenvalue weighted by Gasteiger charge is -2.39. The summed E-state index contributed by atoms with van der Waals surface area (Å²) >= 11 is 6.08. The minimum atomic E-state index is -4.77.